The third kappa shape index (κ3) is 2.89. The molecule has 0 atom stereocenters. The molecule has 0 aromatic heterocycles. The Kier molecular flexibility index (Phi) is 5.10. The number of hydrogen-bond acceptors (Lipinski definition) is 2. The van der Waals surface area contributed by atoms with E-state index in [1.807, 2.05) is 18.2 Å². The van der Waals surface area contributed by atoms with E-state index in [0.29, 0.717) is 11.1 Å². The number of hydrogen-bond donors (Lipinski definition) is 1. The molecule has 0 fully saturated rings. The minimum atomic E-state index is 0.0306. The molecule has 0 saturated carbocycles. The summed E-state index contributed by atoms with van der Waals surface area (Å²) in [5.74, 6) is 0. The van der Waals surface area contributed by atoms with Crippen LogP contribution < -0.4 is 4.90 Å². The number of para-hydroxylation sites is 1. The molecule has 2 nitrogen and oxygen atoms in total. The molecule has 0 radical (unpaired) electrons. The van der Waals surface area contributed by atoms with Crippen LogP contribution in [0, 0.1) is 0 Å². The van der Waals surface area contributed by atoms with Crippen LogP contribution in [0.25, 0.3) is 0 Å². The summed E-state index contributed by atoms with van der Waals surface area (Å²) in [6.45, 7) is 7.41. The van der Waals surface area contributed by atoms with Crippen LogP contribution in [-0.2, 0) is 6.61 Å². The number of benzene rings is 1. The first-order valence-corrected chi connectivity index (χ1v) is 6.14. The molecule has 90 valence electrons. The van der Waals surface area contributed by atoms with E-state index >= 15 is 0 Å². The van der Waals surface area contributed by atoms with Gasteiger partial charge in [-0.3, -0.25) is 0 Å². The van der Waals surface area contributed by atoms with Gasteiger partial charge in [0.2, 0.25) is 0 Å². The summed E-state index contributed by atoms with van der Waals surface area (Å²) in [5, 5.41) is 10.1. The van der Waals surface area contributed by atoms with Gasteiger partial charge in [-0.1, -0.05) is 30.7 Å². The van der Waals surface area contributed by atoms with E-state index < -0.39 is 0 Å². The van der Waals surface area contributed by atoms with E-state index in [4.69, 9.17) is 11.6 Å². The van der Waals surface area contributed by atoms with Crippen LogP contribution in [0.3, 0.4) is 0 Å². The van der Waals surface area contributed by atoms with Crippen LogP contribution in [0.2, 0.25) is 5.02 Å². The monoisotopic (exact) mass is 241 g/mol. The molecule has 0 aliphatic heterocycles. The predicted octanol–water partition coefficient (Wildman–Crippen LogP) is 3.46. The topological polar surface area (TPSA) is 23.5 Å². The molecule has 3 heteroatoms. The highest BCUT2D eigenvalue weighted by atomic mass is 35.5. The maximum atomic E-state index is 9.36. The fourth-order valence-corrected chi connectivity index (χ4v) is 2.18. The predicted molar refractivity (Wildman–Crippen MR) is 70.1 cm³/mol. The van der Waals surface area contributed by atoms with Crippen LogP contribution in [0.5, 0.6) is 0 Å². The molecule has 0 aliphatic rings. The van der Waals surface area contributed by atoms with E-state index in [1.165, 1.54) is 0 Å². The number of anilines is 1. The molecule has 0 spiro atoms. The molecular formula is C13H20ClNO. The quantitative estimate of drug-likeness (QED) is 0.854. The van der Waals surface area contributed by atoms with Crippen molar-refractivity contribution >= 4 is 17.3 Å². The van der Waals surface area contributed by atoms with Gasteiger partial charge in [-0.15, -0.1) is 0 Å². The first-order valence-electron chi connectivity index (χ1n) is 5.76. The minimum Gasteiger partial charge on any atom is -0.392 e. The van der Waals surface area contributed by atoms with E-state index in [2.05, 4.69) is 25.7 Å². The minimum absolute atomic E-state index is 0.0306. The van der Waals surface area contributed by atoms with Crippen molar-refractivity contribution in [2.24, 2.45) is 0 Å². The molecule has 1 rings (SSSR count). The molecule has 0 saturated heterocycles. The Morgan fingerprint density at radius 3 is 2.56 bits per heavy atom. The molecule has 0 heterocycles. The second-order valence-corrected chi connectivity index (χ2v) is 4.60. The summed E-state index contributed by atoms with van der Waals surface area (Å²) in [6.07, 6.45) is 1.06. The van der Waals surface area contributed by atoms with Crippen LogP contribution in [-0.4, -0.2) is 17.7 Å². The fourth-order valence-electron chi connectivity index (χ4n) is 1.88. The fraction of sp³-hybridized carbons (Fsp3) is 0.538. The van der Waals surface area contributed by atoms with Crippen molar-refractivity contribution in [2.75, 3.05) is 11.4 Å². The number of aliphatic hydroxyl groups excluding tert-OH is 1. The van der Waals surface area contributed by atoms with E-state index in [1.54, 1.807) is 0 Å². The Balaban J connectivity index is 3.16. The zero-order valence-corrected chi connectivity index (χ0v) is 11.0. The summed E-state index contributed by atoms with van der Waals surface area (Å²) in [4.78, 5) is 2.24. The zero-order valence-electron chi connectivity index (χ0n) is 10.2. The Morgan fingerprint density at radius 1 is 1.38 bits per heavy atom. The summed E-state index contributed by atoms with van der Waals surface area (Å²) in [5.41, 5.74) is 1.87. The van der Waals surface area contributed by atoms with Crippen molar-refractivity contribution in [3.8, 4) is 0 Å². The van der Waals surface area contributed by atoms with E-state index in [0.717, 1.165) is 24.2 Å². The van der Waals surface area contributed by atoms with Crippen LogP contribution >= 0.6 is 11.6 Å². The Hall–Kier alpha value is -0.730. The Morgan fingerprint density at radius 2 is 2.06 bits per heavy atom. The van der Waals surface area contributed by atoms with Gasteiger partial charge < -0.3 is 10.0 Å². The van der Waals surface area contributed by atoms with Crippen molar-refractivity contribution in [1.29, 1.82) is 0 Å². The normalized spacial score (nSPS) is 10.9. The molecule has 0 bridgehead atoms. The van der Waals surface area contributed by atoms with Crippen molar-refractivity contribution in [2.45, 2.75) is 39.8 Å². The molecule has 16 heavy (non-hydrogen) atoms. The standard InChI is InChI=1S/C13H20ClNO/c1-4-8-15(10(2)3)13-11(9-16)6-5-7-12(13)14/h5-7,10,16H,4,8-9H2,1-3H3. The molecule has 0 amide bonds. The van der Waals surface area contributed by atoms with Gasteiger partial charge in [-0.2, -0.15) is 0 Å². The van der Waals surface area contributed by atoms with E-state index in [-0.39, 0.29) is 6.61 Å². The summed E-state index contributed by atoms with van der Waals surface area (Å²) < 4.78 is 0. The van der Waals surface area contributed by atoms with Gasteiger partial charge in [0.05, 0.1) is 17.3 Å². The van der Waals surface area contributed by atoms with Crippen molar-refractivity contribution in [3.63, 3.8) is 0 Å². The van der Waals surface area contributed by atoms with Crippen molar-refractivity contribution in [1.82, 2.24) is 0 Å². The zero-order chi connectivity index (χ0) is 12.1. The molecule has 0 aliphatic carbocycles. The lowest BCUT2D eigenvalue weighted by Gasteiger charge is -2.31. The number of nitrogens with zero attached hydrogens (tertiary/aromatic N) is 1. The first-order chi connectivity index (χ1) is 7.61. The number of rotatable bonds is 5. The Labute approximate surface area is 103 Å². The highest BCUT2D eigenvalue weighted by molar-refractivity contribution is 6.33. The lowest BCUT2D eigenvalue weighted by molar-refractivity contribution is 0.282. The van der Waals surface area contributed by atoms with Gasteiger partial charge in [0.25, 0.3) is 0 Å². The molecule has 1 N–H and O–H groups in total. The molecule has 1 aromatic carbocycles. The van der Waals surface area contributed by atoms with Crippen LogP contribution in [0.4, 0.5) is 5.69 Å². The average molecular weight is 242 g/mol. The summed E-state index contributed by atoms with van der Waals surface area (Å²) >= 11 is 6.23. The average Bonchev–Trinajstić information content (AvgIpc) is 2.26. The SMILES string of the molecule is CCCN(c1c(Cl)cccc1CO)C(C)C. The third-order valence-corrected chi connectivity index (χ3v) is 2.92. The number of halogens is 1. The summed E-state index contributed by atoms with van der Waals surface area (Å²) in [7, 11) is 0. The van der Waals surface area contributed by atoms with Gasteiger partial charge in [-0.05, 0) is 26.3 Å². The lowest BCUT2D eigenvalue weighted by Crippen LogP contribution is -2.32. The maximum Gasteiger partial charge on any atom is 0.0702 e. The van der Waals surface area contributed by atoms with E-state index in [9.17, 15) is 5.11 Å². The van der Waals surface area contributed by atoms with Crippen LogP contribution in [0.1, 0.15) is 32.8 Å². The largest absolute Gasteiger partial charge is 0.392 e. The van der Waals surface area contributed by atoms with Crippen LogP contribution in [0.15, 0.2) is 18.2 Å². The third-order valence-electron chi connectivity index (χ3n) is 2.62. The second-order valence-electron chi connectivity index (χ2n) is 4.19. The lowest BCUT2D eigenvalue weighted by atomic mass is 10.1. The van der Waals surface area contributed by atoms with Crippen molar-refractivity contribution in [3.05, 3.63) is 28.8 Å². The second kappa shape index (κ2) is 6.12. The van der Waals surface area contributed by atoms with Gasteiger partial charge >= 0.3 is 0 Å². The molecule has 0 unspecified atom stereocenters. The van der Waals surface area contributed by atoms with Gasteiger partial charge in [0, 0.05) is 18.2 Å². The number of aliphatic hydroxyl groups is 1. The molecule has 1 aromatic rings. The van der Waals surface area contributed by atoms with Gasteiger partial charge in [0.15, 0.2) is 0 Å². The van der Waals surface area contributed by atoms with Gasteiger partial charge in [0.1, 0.15) is 0 Å². The molecular weight excluding hydrogens is 222 g/mol. The van der Waals surface area contributed by atoms with Crippen molar-refractivity contribution < 1.29 is 5.11 Å². The summed E-state index contributed by atoms with van der Waals surface area (Å²) in [6, 6.07) is 6.06. The Bertz CT molecular complexity index is 339. The maximum absolute atomic E-state index is 9.36. The highest BCUT2D eigenvalue weighted by Gasteiger charge is 2.16. The smallest absolute Gasteiger partial charge is 0.0702 e. The first kappa shape index (κ1) is 13.3. The highest BCUT2D eigenvalue weighted by Crippen LogP contribution is 2.31. The van der Waals surface area contributed by atoms with Gasteiger partial charge in [-0.25, -0.2) is 0 Å².